The zero-order valence-electron chi connectivity index (χ0n) is 14.8. The second kappa shape index (κ2) is 8.36. The van der Waals surface area contributed by atoms with Crippen molar-refractivity contribution in [3.63, 3.8) is 0 Å². The molecule has 0 saturated heterocycles. The standard InChI is InChI=1S/C18H18N8S2/c19-25-15(13-7-3-1-4-8-13)21-23-17(25)27-11-12-28-18-24-22-16(26(18)20)14-9-5-2-6-10-14/h1-10H,11-12,19-20H2. The third-order valence-electron chi connectivity index (χ3n) is 3.94. The van der Waals surface area contributed by atoms with E-state index in [9.17, 15) is 0 Å². The second-order valence-electron chi connectivity index (χ2n) is 5.78. The summed E-state index contributed by atoms with van der Waals surface area (Å²) in [5.74, 6) is 15.1. The van der Waals surface area contributed by atoms with Gasteiger partial charge in [-0.25, -0.2) is 9.35 Å². The molecule has 0 spiro atoms. The highest BCUT2D eigenvalue weighted by Gasteiger charge is 2.14. The van der Waals surface area contributed by atoms with Gasteiger partial charge in [-0.3, -0.25) is 0 Å². The molecule has 0 saturated carbocycles. The van der Waals surface area contributed by atoms with Crippen LogP contribution >= 0.6 is 23.5 Å². The molecule has 8 nitrogen and oxygen atoms in total. The van der Waals surface area contributed by atoms with Gasteiger partial charge >= 0.3 is 0 Å². The molecule has 0 fully saturated rings. The first-order chi connectivity index (χ1) is 13.7. The van der Waals surface area contributed by atoms with Crippen molar-refractivity contribution >= 4 is 23.5 Å². The summed E-state index contributed by atoms with van der Waals surface area (Å²) in [7, 11) is 0. The molecule has 4 rings (SSSR count). The zero-order chi connectivity index (χ0) is 19.3. The van der Waals surface area contributed by atoms with Gasteiger partial charge in [-0.15, -0.1) is 20.4 Å². The Labute approximate surface area is 170 Å². The molecule has 4 aromatic rings. The van der Waals surface area contributed by atoms with Crippen molar-refractivity contribution in [3.8, 4) is 22.8 Å². The van der Waals surface area contributed by atoms with Crippen LogP contribution in [-0.4, -0.2) is 41.3 Å². The number of nitrogens with zero attached hydrogens (tertiary/aromatic N) is 6. The van der Waals surface area contributed by atoms with Crippen molar-refractivity contribution in [3.05, 3.63) is 60.7 Å². The van der Waals surface area contributed by atoms with Gasteiger partial charge in [0.2, 0.25) is 10.3 Å². The molecule has 0 atom stereocenters. The van der Waals surface area contributed by atoms with Crippen LogP contribution in [-0.2, 0) is 0 Å². The van der Waals surface area contributed by atoms with Crippen LogP contribution in [0.4, 0.5) is 0 Å². The van der Waals surface area contributed by atoms with E-state index in [4.69, 9.17) is 11.7 Å². The second-order valence-corrected chi connectivity index (χ2v) is 7.91. The Hall–Kier alpha value is -2.98. The van der Waals surface area contributed by atoms with E-state index in [2.05, 4.69) is 20.4 Å². The molecule has 0 radical (unpaired) electrons. The number of hydrogen-bond acceptors (Lipinski definition) is 8. The topological polar surface area (TPSA) is 113 Å². The van der Waals surface area contributed by atoms with Crippen LogP contribution < -0.4 is 11.7 Å². The summed E-state index contributed by atoms with van der Waals surface area (Å²) in [5.41, 5.74) is 1.87. The Morgan fingerprint density at radius 2 is 1.00 bits per heavy atom. The van der Waals surface area contributed by atoms with E-state index in [1.54, 1.807) is 0 Å². The first-order valence-electron chi connectivity index (χ1n) is 8.51. The molecule has 2 aromatic carbocycles. The summed E-state index contributed by atoms with van der Waals surface area (Å²) >= 11 is 3.07. The lowest BCUT2D eigenvalue weighted by Gasteiger charge is -2.04. The van der Waals surface area contributed by atoms with Crippen molar-refractivity contribution in [1.29, 1.82) is 0 Å². The average molecular weight is 411 g/mol. The van der Waals surface area contributed by atoms with Crippen molar-refractivity contribution < 1.29 is 0 Å². The third kappa shape index (κ3) is 3.82. The monoisotopic (exact) mass is 410 g/mol. The fourth-order valence-corrected chi connectivity index (χ4v) is 4.27. The fourth-order valence-electron chi connectivity index (χ4n) is 2.58. The predicted molar refractivity (Wildman–Crippen MR) is 113 cm³/mol. The van der Waals surface area contributed by atoms with Crippen LogP contribution in [0.3, 0.4) is 0 Å². The fraction of sp³-hybridized carbons (Fsp3) is 0.111. The minimum Gasteiger partial charge on any atom is -0.335 e. The van der Waals surface area contributed by atoms with Gasteiger partial charge in [-0.05, 0) is 0 Å². The van der Waals surface area contributed by atoms with Gasteiger partial charge in [0.25, 0.3) is 0 Å². The minimum atomic E-state index is 0.643. The smallest absolute Gasteiger partial charge is 0.210 e. The van der Waals surface area contributed by atoms with Gasteiger partial charge in [0.05, 0.1) is 0 Å². The lowest BCUT2D eigenvalue weighted by atomic mass is 10.2. The third-order valence-corrected chi connectivity index (χ3v) is 6.09. The van der Waals surface area contributed by atoms with E-state index < -0.39 is 0 Å². The summed E-state index contributed by atoms with van der Waals surface area (Å²) in [6.45, 7) is 0. The first-order valence-corrected chi connectivity index (χ1v) is 10.5. The number of thioether (sulfide) groups is 2. The largest absolute Gasteiger partial charge is 0.335 e. The van der Waals surface area contributed by atoms with Gasteiger partial charge in [0, 0.05) is 22.6 Å². The Balaban J connectivity index is 1.35. The Morgan fingerprint density at radius 1 is 0.607 bits per heavy atom. The number of hydrogen-bond donors (Lipinski definition) is 2. The van der Waals surface area contributed by atoms with Crippen molar-refractivity contribution in [1.82, 2.24) is 29.7 Å². The summed E-state index contributed by atoms with van der Waals surface area (Å²) in [6, 6.07) is 19.5. The number of benzene rings is 2. The first kappa shape index (κ1) is 18.4. The van der Waals surface area contributed by atoms with Crippen LogP contribution in [0.25, 0.3) is 22.8 Å². The molecule has 0 aliphatic heterocycles. The van der Waals surface area contributed by atoms with Gasteiger partial charge in [0.1, 0.15) is 0 Å². The quantitative estimate of drug-likeness (QED) is 0.271. The molecule has 0 amide bonds. The SMILES string of the molecule is Nn1c(SCCSc2nnc(-c3ccccc3)n2N)nnc1-c1ccccc1. The molecular formula is C18H18N8S2. The minimum absolute atomic E-state index is 0.643. The molecule has 10 heteroatoms. The molecule has 0 aliphatic rings. The lowest BCUT2D eigenvalue weighted by molar-refractivity contribution is 0.848. The van der Waals surface area contributed by atoms with Crippen LogP contribution in [0.5, 0.6) is 0 Å². The number of aromatic nitrogens is 6. The lowest BCUT2D eigenvalue weighted by Crippen LogP contribution is -2.12. The predicted octanol–water partition coefficient (Wildman–Crippen LogP) is 2.52. The number of nitrogen functional groups attached to an aromatic ring is 2. The molecule has 0 aliphatic carbocycles. The van der Waals surface area contributed by atoms with Crippen LogP contribution in [0.15, 0.2) is 71.0 Å². The molecule has 4 N–H and O–H groups in total. The highest BCUT2D eigenvalue weighted by Crippen LogP contribution is 2.25. The van der Waals surface area contributed by atoms with E-state index in [0.717, 1.165) is 22.6 Å². The van der Waals surface area contributed by atoms with Crippen LogP contribution in [0.2, 0.25) is 0 Å². The van der Waals surface area contributed by atoms with Gasteiger partial charge in [0.15, 0.2) is 11.6 Å². The van der Waals surface area contributed by atoms with Gasteiger partial charge in [-0.2, -0.15) is 0 Å². The van der Waals surface area contributed by atoms with Crippen molar-refractivity contribution in [2.75, 3.05) is 23.2 Å². The summed E-state index contributed by atoms with van der Waals surface area (Å²) in [4.78, 5) is 0. The molecule has 0 bridgehead atoms. The molecule has 28 heavy (non-hydrogen) atoms. The van der Waals surface area contributed by atoms with Crippen molar-refractivity contribution in [2.24, 2.45) is 0 Å². The van der Waals surface area contributed by atoms with Gasteiger partial charge < -0.3 is 11.7 Å². The van der Waals surface area contributed by atoms with Gasteiger partial charge in [-0.1, -0.05) is 84.2 Å². The Bertz CT molecular complexity index is 960. The molecule has 142 valence electrons. The summed E-state index contributed by atoms with van der Waals surface area (Å²) < 4.78 is 3.03. The normalized spacial score (nSPS) is 11.0. The maximum atomic E-state index is 6.14. The summed E-state index contributed by atoms with van der Waals surface area (Å²) in [6.07, 6.45) is 0. The van der Waals surface area contributed by atoms with E-state index in [-0.39, 0.29) is 0 Å². The summed E-state index contributed by atoms with van der Waals surface area (Å²) in [5, 5.41) is 18.1. The van der Waals surface area contributed by atoms with Crippen LogP contribution in [0, 0.1) is 0 Å². The Kier molecular flexibility index (Phi) is 5.49. The van der Waals surface area contributed by atoms with E-state index in [1.165, 1.54) is 32.9 Å². The maximum absolute atomic E-state index is 6.14. The van der Waals surface area contributed by atoms with Crippen LogP contribution in [0.1, 0.15) is 0 Å². The molecule has 2 aromatic heterocycles. The Morgan fingerprint density at radius 3 is 1.39 bits per heavy atom. The average Bonchev–Trinajstić information content (AvgIpc) is 3.29. The van der Waals surface area contributed by atoms with E-state index >= 15 is 0 Å². The highest BCUT2D eigenvalue weighted by atomic mass is 32.2. The van der Waals surface area contributed by atoms with Crippen molar-refractivity contribution in [2.45, 2.75) is 10.3 Å². The maximum Gasteiger partial charge on any atom is 0.210 e. The number of nitrogens with two attached hydrogens (primary N) is 2. The van der Waals surface area contributed by atoms with E-state index in [1.807, 2.05) is 60.7 Å². The van der Waals surface area contributed by atoms with E-state index in [0.29, 0.717) is 22.0 Å². The molecule has 2 heterocycles. The number of rotatable bonds is 7. The molecule has 0 unspecified atom stereocenters. The molecular weight excluding hydrogens is 392 g/mol. The highest BCUT2D eigenvalue weighted by molar-refractivity contribution is 8.02. The zero-order valence-corrected chi connectivity index (χ0v) is 16.5.